The maximum atomic E-state index is 9.32. The van der Waals surface area contributed by atoms with Crippen molar-refractivity contribution in [2.24, 2.45) is 0 Å². The second kappa shape index (κ2) is 6.85. The number of benzene rings is 2. The number of hydrogen-bond acceptors (Lipinski definition) is 3. The van der Waals surface area contributed by atoms with E-state index in [1.807, 2.05) is 12.1 Å². The summed E-state index contributed by atoms with van der Waals surface area (Å²) in [5, 5.41) is 9.32. The largest absolute Gasteiger partial charge is 0.508 e. The van der Waals surface area contributed by atoms with Crippen LogP contribution >= 0.6 is 0 Å². The highest BCUT2D eigenvalue weighted by molar-refractivity contribution is 5.32. The van der Waals surface area contributed by atoms with Crippen LogP contribution in [0.4, 0.5) is 0 Å². The Morgan fingerprint density at radius 2 is 1.50 bits per heavy atom. The van der Waals surface area contributed by atoms with E-state index in [9.17, 15) is 5.11 Å². The third-order valence-electron chi connectivity index (χ3n) is 2.96. The summed E-state index contributed by atoms with van der Waals surface area (Å²) < 4.78 is 11.2. The number of rotatable bonds is 6. The summed E-state index contributed by atoms with van der Waals surface area (Å²) in [6.45, 7) is 5.22. The SMILES string of the molecule is CC(C)c1cccc(OCCOc2cccc(O)c2)c1. The van der Waals surface area contributed by atoms with Gasteiger partial charge in [-0.2, -0.15) is 0 Å². The molecule has 0 aliphatic rings. The van der Waals surface area contributed by atoms with Crippen molar-refractivity contribution in [3.63, 3.8) is 0 Å². The standard InChI is InChI=1S/C17H20O3/c1-13(2)14-5-3-7-16(11-14)19-9-10-20-17-8-4-6-15(18)12-17/h3-8,11-13,18H,9-10H2,1-2H3. The van der Waals surface area contributed by atoms with Crippen molar-refractivity contribution in [2.75, 3.05) is 13.2 Å². The highest BCUT2D eigenvalue weighted by Gasteiger charge is 2.01. The first-order valence-corrected chi connectivity index (χ1v) is 6.80. The Morgan fingerprint density at radius 1 is 0.900 bits per heavy atom. The van der Waals surface area contributed by atoms with Crippen molar-refractivity contribution in [1.29, 1.82) is 0 Å². The molecule has 2 aromatic carbocycles. The molecule has 20 heavy (non-hydrogen) atoms. The molecule has 0 amide bonds. The number of ether oxygens (including phenoxy) is 2. The molecule has 0 unspecified atom stereocenters. The topological polar surface area (TPSA) is 38.7 Å². The Bertz CT molecular complexity index is 549. The molecule has 0 aliphatic carbocycles. The predicted molar refractivity (Wildman–Crippen MR) is 79.6 cm³/mol. The highest BCUT2D eigenvalue weighted by atomic mass is 16.5. The van der Waals surface area contributed by atoms with E-state index in [1.54, 1.807) is 24.3 Å². The van der Waals surface area contributed by atoms with Crippen molar-refractivity contribution < 1.29 is 14.6 Å². The summed E-state index contributed by atoms with van der Waals surface area (Å²) in [7, 11) is 0. The molecule has 0 aliphatic heterocycles. The van der Waals surface area contributed by atoms with Gasteiger partial charge in [-0.15, -0.1) is 0 Å². The molecule has 0 atom stereocenters. The van der Waals surface area contributed by atoms with Gasteiger partial charge in [-0.25, -0.2) is 0 Å². The summed E-state index contributed by atoms with van der Waals surface area (Å²) in [5.74, 6) is 2.19. The minimum atomic E-state index is 0.202. The van der Waals surface area contributed by atoms with Crippen LogP contribution in [-0.2, 0) is 0 Å². The van der Waals surface area contributed by atoms with E-state index < -0.39 is 0 Å². The quantitative estimate of drug-likeness (QED) is 0.809. The molecule has 0 heterocycles. The molecule has 1 N–H and O–H groups in total. The van der Waals surface area contributed by atoms with Crippen molar-refractivity contribution in [2.45, 2.75) is 19.8 Å². The molecular formula is C17H20O3. The molecule has 0 fully saturated rings. The molecule has 2 aromatic rings. The fourth-order valence-electron chi connectivity index (χ4n) is 1.86. The van der Waals surface area contributed by atoms with Crippen LogP contribution in [0.3, 0.4) is 0 Å². The second-order valence-electron chi connectivity index (χ2n) is 4.92. The minimum absolute atomic E-state index is 0.202. The van der Waals surface area contributed by atoms with Crippen LogP contribution in [0.2, 0.25) is 0 Å². The zero-order valence-corrected chi connectivity index (χ0v) is 11.9. The van der Waals surface area contributed by atoms with E-state index in [4.69, 9.17) is 9.47 Å². The van der Waals surface area contributed by atoms with Gasteiger partial charge in [0.25, 0.3) is 0 Å². The summed E-state index contributed by atoms with van der Waals surface area (Å²) in [4.78, 5) is 0. The van der Waals surface area contributed by atoms with Crippen LogP contribution < -0.4 is 9.47 Å². The highest BCUT2D eigenvalue weighted by Crippen LogP contribution is 2.20. The monoisotopic (exact) mass is 272 g/mol. The lowest BCUT2D eigenvalue weighted by Crippen LogP contribution is -2.09. The normalized spacial score (nSPS) is 10.6. The van der Waals surface area contributed by atoms with Crippen LogP contribution in [0, 0.1) is 0 Å². The summed E-state index contributed by atoms with van der Waals surface area (Å²) in [5.41, 5.74) is 1.26. The fraction of sp³-hybridized carbons (Fsp3) is 0.294. The number of phenols is 1. The van der Waals surface area contributed by atoms with Crippen LogP contribution in [0.1, 0.15) is 25.3 Å². The predicted octanol–water partition coefficient (Wildman–Crippen LogP) is 3.97. The molecule has 3 heteroatoms. The van der Waals surface area contributed by atoms with Gasteiger partial charge in [0, 0.05) is 6.07 Å². The zero-order valence-electron chi connectivity index (χ0n) is 11.9. The van der Waals surface area contributed by atoms with Gasteiger partial charge in [-0.05, 0) is 35.7 Å². The molecule has 106 valence electrons. The smallest absolute Gasteiger partial charge is 0.123 e. The Kier molecular flexibility index (Phi) is 4.88. The third kappa shape index (κ3) is 4.19. The second-order valence-corrected chi connectivity index (χ2v) is 4.92. The first-order valence-electron chi connectivity index (χ1n) is 6.80. The minimum Gasteiger partial charge on any atom is -0.508 e. The maximum Gasteiger partial charge on any atom is 0.123 e. The van der Waals surface area contributed by atoms with Gasteiger partial charge < -0.3 is 14.6 Å². The summed E-state index contributed by atoms with van der Waals surface area (Å²) in [6.07, 6.45) is 0. The van der Waals surface area contributed by atoms with E-state index in [1.165, 1.54) is 5.56 Å². The van der Waals surface area contributed by atoms with E-state index in [0.29, 0.717) is 24.9 Å². The van der Waals surface area contributed by atoms with Gasteiger partial charge in [-0.3, -0.25) is 0 Å². The van der Waals surface area contributed by atoms with Gasteiger partial charge in [0.2, 0.25) is 0 Å². The Morgan fingerprint density at radius 3 is 2.10 bits per heavy atom. The molecule has 0 aromatic heterocycles. The van der Waals surface area contributed by atoms with Crippen molar-refractivity contribution in [3.05, 3.63) is 54.1 Å². The average molecular weight is 272 g/mol. The molecule has 0 saturated carbocycles. The number of phenolic OH excluding ortho intramolecular Hbond substituents is 1. The number of hydrogen-bond donors (Lipinski definition) is 1. The van der Waals surface area contributed by atoms with Crippen molar-refractivity contribution >= 4 is 0 Å². The average Bonchev–Trinajstić information content (AvgIpc) is 2.44. The molecule has 3 nitrogen and oxygen atoms in total. The Labute approximate surface area is 119 Å². The lowest BCUT2D eigenvalue weighted by atomic mass is 10.0. The molecule has 0 radical (unpaired) electrons. The lowest BCUT2D eigenvalue weighted by Gasteiger charge is -2.11. The Hall–Kier alpha value is -2.16. The van der Waals surface area contributed by atoms with Gasteiger partial charge in [0.1, 0.15) is 30.5 Å². The van der Waals surface area contributed by atoms with Crippen LogP contribution in [0.25, 0.3) is 0 Å². The third-order valence-corrected chi connectivity index (χ3v) is 2.96. The summed E-state index contributed by atoms with van der Waals surface area (Å²) >= 11 is 0. The molecular weight excluding hydrogens is 252 g/mol. The first kappa shape index (κ1) is 14.3. The van der Waals surface area contributed by atoms with E-state index in [2.05, 4.69) is 26.0 Å². The van der Waals surface area contributed by atoms with E-state index in [-0.39, 0.29) is 5.75 Å². The van der Waals surface area contributed by atoms with Gasteiger partial charge in [0.15, 0.2) is 0 Å². The van der Waals surface area contributed by atoms with E-state index >= 15 is 0 Å². The van der Waals surface area contributed by atoms with Gasteiger partial charge in [-0.1, -0.05) is 32.0 Å². The molecule has 0 bridgehead atoms. The first-order chi connectivity index (χ1) is 9.65. The summed E-state index contributed by atoms with van der Waals surface area (Å²) in [6, 6.07) is 14.8. The van der Waals surface area contributed by atoms with Gasteiger partial charge >= 0.3 is 0 Å². The maximum absolute atomic E-state index is 9.32. The molecule has 2 rings (SSSR count). The zero-order chi connectivity index (χ0) is 14.4. The van der Waals surface area contributed by atoms with Crippen LogP contribution in [0.5, 0.6) is 17.2 Å². The lowest BCUT2D eigenvalue weighted by molar-refractivity contribution is 0.216. The van der Waals surface area contributed by atoms with Gasteiger partial charge in [0.05, 0.1) is 0 Å². The van der Waals surface area contributed by atoms with Crippen LogP contribution in [-0.4, -0.2) is 18.3 Å². The Balaban J connectivity index is 1.80. The number of aromatic hydroxyl groups is 1. The van der Waals surface area contributed by atoms with Crippen molar-refractivity contribution in [3.8, 4) is 17.2 Å². The fourth-order valence-corrected chi connectivity index (χ4v) is 1.86. The van der Waals surface area contributed by atoms with E-state index in [0.717, 1.165) is 5.75 Å². The molecule has 0 saturated heterocycles. The molecule has 0 spiro atoms. The van der Waals surface area contributed by atoms with Crippen molar-refractivity contribution in [1.82, 2.24) is 0 Å². The van der Waals surface area contributed by atoms with Crippen LogP contribution in [0.15, 0.2) is 48.5 Å².